The fourth-order valence-corrected chi connectivity index (χ4v) is 3.64. The van der Waals surface area contributed by atoms with E-state index in [1.54, 1.807) is 36.0 Å². The molecule has 3 aromatic rings. The summed E-state index contributed by atoms with van der Waals surface area (Å²) in [7, 11) is 0. The molecular weight excluding hydrogens is 360 g/mol. The van der Waals surface area contributed by atoms with Crippen LogP contribution in [0.1, 0.15) is 36.7 Å². The normalized spacial score (nSPS) is 10.9. The van der Waals surface area contributed by atoms with Gasteiger partial charge in [-0.3, -0.25) is 10.1 Å². The molecule has 1 aromatic heterocycles. The van der Waals surface area contributed by atoms with E-state index in [2.05, 4.69) is 33.8 Å². The van der Waals surface area contributed by atoms with Gasteiger partial charge < -0.3 is 4.57 Å². The van der Waals surface area contributed by atoms with Crippen LogP contribution in [0.5, 0.6) is 0 Å². The fraction of sp³-hybridized carbons (Fsp3) is 0.300. The minimum absolute atomic E-state index is 0.104. The van der Waals surface area contributed by atoms with Gasteiger partial charge in [-0.05, 0) is 17.5 Å². The van der Waals surface area contributed by atoms with Crippen LogP contribution in [0.3, 0.4) is 0 Å². The van der Waals surface area contributed by atoms with E-state index in [4.69, 9.17) is 0 Å². The molecular formula is C20H22N4O2S. The average molecular weight is 382 g/mol. The summed E-state index contributed by atoms with van der Waals surface area (Å²) in [4.78, 5) is 10.5. The summed E-state index contributed by atoms with van der Waals surface area (Å²) in [5, 5.41) is 20.5. The Morgan fingerprint density at radius 3 is 2.44 bits per heavy atom. The second kappa shape index (κ2) is 9.32. The van der Waals surface area contributed by atoms with Crippen LogP contribution in [0.2, 0.25) is 0 Å². The second-order valence-corrected chi connectivity index (χ2v) is 7.23. The Labute approximate surface area is 162 Å². The largest absolute Gasteiger partial charge is 0.302 e. The first-order valence-electron chi connectivity index (χ1n) is 8.99. The fourth-order valence-electron chi connectivity index (χ4n) is 2.73. The SMILES string of the molecule is CCCCc1nnc(SCc2ccccc2)n1Cc1ccc([N+](=O)[O-])cc1. The van der Waals surface area contributed by atoms with E-state index in [0.29, 0.717) is 6.54 Å². The number of hydrogen-bond donors (Lipinski definition) is 0. The van der Waals surface area contributed by atoms with Gasteiger partial charge in [0.1, 0.15) is 5.82 Å². The lowest BCUT2D eigenvalue weighted by Gasteiger charge is -2.10. The van der Waals surface area contributed by atoms with Gasteiger partial charge in [0.05, 0.1) is 11.5 Å². The molecule has 2 aromatic carbocycles. The van der Waals surface area contributed by atoms with Crippen molar-refractivity contribution in [1.82, 2.24) is 14.8 Å². The molecule has 0 saturated carbocycles. The molecule has 3 rings (SSSR count). The van der Waals surface area contributed by atoms with Crippen LogP contribution in [0, 0.1) is 10.1 Å². The summed E-state index contributed by atoms with van der Waals surface area (Å²) in [6.07, 6.45) is 3.03. The molecule has 0 fully saturated rings. The number of thioether (sulfide) groups is 1. The Kier molecular flexibility index (Phi) is 6.59. The van der Waals surface area contributed by atoms with Crippen molar-refractivity contribution in [3.8, 4) is 0 Å². The Balaban J connectivity index is 1.79. The van der Waals surface area contributed by atoms with E-state index >= 15 is 0 Å². The van der Waals surface area contributed by atoms with Gasteiger partial charge in [0.2, 0.25) is 0 Å². The molecule has 27 heavy (non-hydrogen) atoms. The summed E-state index contributed by atoms with van der Waals surface area (Å²) < 4.78 is 2.13. The van der Waals surface area contributed by atoms with E-state index < -0.39 is 0 Å². The highest BCUT2D eigenvalue weighted by Gasteiger charge is 2.14. The highest BCUT2D eigenvalue weighted by atomic mass is 32.2. The minimum atomic E-state index is -0.379. The number of aromatic nitrogens is 3. The molecule has 1 heterocycles. The summed E-state index contributed by atoms with van der Waals surface area (Å²) in [6, 6.07) is 17.0. The van der Waals surface area contributed by atoms with Gasteiger partial charge in [0, 0.05) is 24.3 Å². The maximum Gasteiger partial charge on any atom is 0.269 e. The number of unbranched alkanes of at least 4 members (excludes halogenated alkanes) is 1. The Hall–Kier alpha value is -2.67. The molecule has 0 saturated heterocycles. The van der Waals surface area contributed by atoms with Gasteiger partial charge in [-0.15, -0.1) is 10.2 Å². The Bertz CT molecular complexity index is 879. The first kappa shape index (κ1) is 19.1. The summed E-state index contributed by atoms with van der Waals surface area (Å²) in [5.74, 6) is 1.79. The predicted molar refractivity (Wildman–Crippen MR) is 107 cm³/mol. The summed E-state index contributed by atoms with van der Waals surface area (Å²) >= 11 is 1.66. The molecule has 0 unspecified atom stereocenters. The molecule has 0 atom stereocenters. The van der Waals surface area contributed by atoms with Gasteiger partial charge in [-0.25, -0.2) is 0 Å². The molecule has 0 aliphatic carbocycles. The predicted octanol–water partition coefficient (Wildman–Crippen LogP) is 4.87. The number of nitrogens with zero attached hydrogens (tertiary/aromatic N) is 4. The van der Waals surface area contributed by atoms with Gasteiger partial charge in [0.15, 0.2) is 5.16 Å². The maximum absolute atomic E-state index is 10.9. The van der Waals surface area contributed by atoms with Gasteiger partial charge >= 0.3 is 0 Å². The lowest BCUT2D eigenvalue weighted by molar-refractivity contribution is -0.384. The van der Waals surface area contributed by atoms with Crippen molar-refractivity contribution in [3.63, 3.8) is 0 Å². The van der Waals surface area contributed by atoms with E-state index in [0.717, 1.165) is 41.6 Å². The zero-order valence-corrected chi connectivity index (χ0v) is 16.1. The number of rotatable bonds is 9. The summed E-state index contributed by atoms with van der Waals surface area (Å²) in [5.41, 5.74) is 2.34. The number of nitro benzene ring substituents is 1. The lowest BCUT2D eigenvalue weighted by Crippen LogP contribution is -2.07. The van der Waals surface area contributed by atoms with Crippen molar-refractivity contribution >= 4 is 17.4 Å². The van der Waals surface area contributed by atoms with Crippen molar-refractivity contribution in [2.45, 2.75) is 43.6 Å². The zero-order chi connectivity index (χ0) is 19.1. The molecule has 0 N–H and O–H groups in total. The monoisotopic (exact) mass is 382 g/mol. The smallest absolute Gasteiger partial charge is 0.269 e. The second-order valence-electron chi connectivity index (χ2n) is 6.29. The van der Waals surface area contributed by atoms with Crippen LogP contribution >= 0.6 is 11.8 Å². The van der Waals surface area contributed by atoms with Crippen LogP contribution in [0.4, 0.5) is 5.69 Å². The molecule has 0 spiro atoms. The Morgan fingerprint density at radius 2 is 1.78 bits per heavy atom. The molecule has 7 heteroatoms. The molecule has 0 radical (unpaired) electrons. The van der Waals surface area contributed by atoms with E-state index in [-0.39, 0.29) is 10.6 Å². The number of aryl methyl sites for hydroxylation is 1. The standard InChI is InChI=1S/C20H22N4O2S/c1-2-3-9-19-21-22-20(27-15-17-7-5-4-6-8-17)23(19)14-16-10-12-18(13-11-16)24(25)26/h4-8,10-13H,2-3,9,14-15H2,1H3. The molecule has 6 nitrogen and oxygen atoms in total. The molecule has 0 aliphatic heterocycles. The molecule has 0 amide bonds. The van der Waals surface area contributed by atoms with Crippen LogP contribution in [0.25, 0.3) is 0 Å². The van der Waals surface area contributed by atoms with Crippen molar-refractivity contribution < 1.29 is 4.92 Å². The van der Waals surface area contributed by atoms with Gasteiger partial charge in [-0.2, -0.15) is 0 Å². The first-order valence-corrected chi connectivity index (χ1v) is 9.98. The van der Waals surface area contributed by atoms with Crippen LogP contribution in [-0.4, -0.2) is 19.7 Å². The van der Waals surface area contributed by atoms with E-state index in [1.807, 2.05) is 18.2 Å². The number of hydrogen-bond acceptors (Lipinski definition) is 5. The highest BCUT2D eigenvalue weighted by molar-refractivity contribution is 7.98. The molecule has 0 bridgehead atoms. The summed E-state index contributed by atoms with van der Waals surface area (Å²) in [6.45, 7) is 2.77. The van der Waals surface area contributed by atoms with Crippen molar-refractivity contribution in [1.29, 1.82) is 0 Å². The Morgan fingerprint density at radius 1 is 1.04 bits per heavy atom. The minimum Gasteiger partial charge on any atom is -0.302 e. The van der Waals surface area contributed by atoms with Gasteiger partial charge in [-0.1, -0.05) is 67.6 Å². The number of non-ortho nitro benzene ring substituents is 1. The average Bonchev–Trinajstić information content (AvgIpc) is 3.07. The number of benzene rings is 2. The topological polar surface area (TPSA) is 73.8 Å². The first-order chi connectivity index (χ1) is 13.2. The third-order valence-electron chi connectivity index (χ3n) is 4.25. The van der Waals surface area contributed by atoms with Gasteiger partial charge in [0.25, 0.3) is 5.69 Å². The lowest BCUT2D eigenvalue weighted by atomic mass is 10.2. The van der Waals surface area contributed by atoms with Crippen molar-refractivity contribution in [3.05, 3.63) is 81.7 Å². The van der Waals surface area contributed by atoms with Crippen LogP contribution in [0.15, 0.2) is 59.8 Å². The maximum atomic E-state index is 10.9. The number of nitro groups is 1. The third-order valence-corrected chi connectivity index (χ3v) is 5.28. The van der Waals surface area contributed by atoms with E-state index in [1.165, 1.54) is 5.56 Å². The van der Waals surface area contributed by atoms with E-state index in [9.17, 15) is 10.1 Å². The zero-order valence-electron chi connectivity index (χ0n) is 15.2. The highest BCUT2D eigenvalue weighted by Crippen LogP contribution is 2.24. The van der Waals surface area contributed by atoms with Crippen molar-refractivity contribution in [2.24, 2.45) is 0 Å². The van der Waals surface area contributed by atoms with Crippen molar-refractivity contribution in [2.75, 3.05) is 0 Å². The van der Waals surface area contributed by atoms with Crippen LogP contribution < -0.4 is 0 Å². The van der Waals surface area contributed by atoms with Crippen LogP contribution in [-0.2, 0) is 18.7 Å². The third kappa shape index (κ3) is 5.17. The molecule has 0 aliphatic rings. The molecule has 140 valence electrons. The quantitative estimate of drug-likeness (QED) is 0.300.